The molecule has 0 amide bonds. The number of aromatic nitrogens is 4. The van der Waals surface area contributed by atoms with Gasteiger partial charge in [0.15, 0.2) is 5.16 Å². The minimum absolute atomic E-state index is 0.239. The summed E-state index contributed by atoms with van der Waals surface area (Å²) in [5.41, 5.74) is 3.15. The van der Waals surface area contributed by atoms with Gasteiger partial charge in [0.2, 0.25) is 5.65 Å². The van der Waals surface area contributed by atoms with Gasteiger partial charge in [-0.05, 0) is 24.6 Å². The summed E-state index contributed by atoms with van der Waals surface area (Å²) in [6, 6.07) is 15.7. The van der Waals surface area contributed by atoms with E-state index in [0.717, 1.165) is 5.75 Å². The molecule has 0 aliphatic heterocycles. The van der Waals surface area contributed by atoms with E-state index in [0.29, 0.717) is 16.6 Å². The molecule has 0 fully saturated rings. The molecule has 2 heterocycles. The molecule has 0 spiro atoms. The fraction of sp³-hybridized carbons (Fsp3) is 0.150. The van der Waals surface area contributed by atoms with Crippen molar-refractivity contribution in [2.75, 3.05) is 7.11 Å². The maximum Gasteiger partial charge on any atom is 0.300 e. The number of aryl methyl sites for hydroxylation is 1. The Bertz CT molecular complexity index is 1150. The molecule has 0 radical (unpaired) electrons. The van der Waals surface area contributed by atoms with Crippen LogP contribution in [0.15, 0.2) is 70.9 Å². The van der Waals surface area contributed by atoms with Crippen molar-refractivity contribution in [1.82, 2.24) is 19.2 Å². The molecule has 2 aromatic carbocycles. The lowest BCUT2D eigenvalue weighted by Gasteiger charge is -2.10. The first-order valence-electron chi connectivity index (χ1n) is 8.45. The molecule has 0 unspecified atom stereocenters. The van der Waals surface area contributed by atoms with Crippen LogP contribution in [0.1, 0.15) is 11.1 Å². The number of ether oxygens (including phenoxy) is 1. The Labute approximate surface area is 160 Å². The minimum atomic E-state index is -0.239. The van der Waals surface area contributed by atoms with Crippen LogP contribution < -0.4 is 10.3 Å². The Morgan fingerprint density at radius 3 is 2.59 bits per heavy atom. The Morgan fingerprint density at radius 1 is 1.04 bits per heavy atom. The van der Waals surface area contributed by atoms with Crippen molar-refractivity contribution in [2.24, 2.45) is 0 Å². The highest BCUT2D eigenvalue weighted by molar-refractivity contribution is 7.98. The van der Waals surface area contributed by atoms with Crippen molar-refractivity contribution in [3.63, 3.8) is 0 Å². The van der Waals surface area contributed by atoms with E-state index >= 15 is 0 Å². The lowest BCUT2D eigenvalue weighted by molar-refractivity contribution is 0.412. The van der Waals surface area contributed by atoms with Crippen molar-refractivity contribution < 1.29 is 4.74 Å². The van der Waals surface area contributed by atoms with Gasteiger partial charge in [0.25, 0.3) is 0 Å². The number of fused-ring (bicyclic) bond motifs is 1. The number of thioether (sulfide) groups is 1. The monoisotopic (exact) mass is 378 g/mol. The van der Waals surface area contributed by atoms with Crippen molar-refractivity contribution in [2.45, 2.75) is 17.8 Å². The summed E-state index contributed by atoms with van der Waals surface area (Å²) in [6.07, 6.45) is 3.52. The van der Waals surface area contributed by atoms with Crippen molar-refractivity contribution in [3.8, 4) is 11.4 Å². The van der Waals surface area contributed by atoms with Gasteiger partial charge in [-0.15, -0.1) is 10.2 Å². The largest absolute Gasteiger partial charge is 0.495 e. The molecule has 4 rings (SSSR count). The fourth-order valence-corrected chi connectivity index (χ4v) is 3.69. The third-order valence-electron chi connectivity index (χ3n) is 4.27. The Morgan fingerprint density at radius 2 is 1.81 bits per heavy atom. The Hall–Kier alpha value is -3.06. The van der Waals surface area contributed by atoms with Gasteiger partial charge in [0.05, 0.1) is 12.8 Å². The van der Waals surface area contributed by atoms with E-state index in [1.807, 2.05) is 24.3 Å². The molecule has 0 N–H and O–H groups in total. The van der Waals surface area contributed by atoms with Gasteiger partial charge < -0.3 is 4.74 Å². The van der Waals surface area contributed by atoms with E-state index in [1.165, 1.54) is 15.7 Å². The normalized spacial score (nSPS) is 11.0. The van der Waals surface area contributed by atoms with Crippen LogP contribution in [0.4, 0.5) is 0 Å². The molecule has 4 aromatic rings. The molecule has 0 saturated carbocycles. The zero-order valence-corrected chi connectivity index (χ0v) is 15.8. The summed E-state index contributed by atoms with van der Waals surface area (Å²) >= 11 is 1.55. The van der Waals surface area contributed by atoms with Gasteiger partial charge in [-0.2, -0.15) is 0 Å². The van der Waals surface area contributed by atoms with Crippen LogP contribution in [-0.2, 0) is 5.75 Å². The van der Waals surface area contributed by atoms with Gasteiger partial charge in [-0.3, -0.25) is 13.8 Å². The highest BCUT2D eigenvalue weighted by Gasteiger charge is 2.14. The molecule has 0 aliphatic carbocycles. The number of para-hydroxylation sites is 2. The van der Waals surface area contributed by atoms with Crippen LogP contribution in [0, 0.1) is 6.92 Å². The van der Waals surface area contributed by atoms with E-state index in [-0.39, 0.29) is 11.2 Å². The molecule has 0 atom stereocenters. The van der Waals surface area contributed by atoms with E-state index in [1.54, 1.807) is 35.7 Å². The number of hydrogen-bond donors (Lipinski definition) is 0. The molecule has 6 nitrogen and oxygen atoms in total. The minimum Gasteiger partial charge on any atom is -0.495 e. The maximum atomic E-state index is 12.9. The maximum absolute atomic E-state index is 12.9. The average Bonchev–Trinajstić information content (AvgIpc) is 3.12. The number of hydrogen-bond acceptors (Lipinski definition) is 5. The Kier molecular flexibility index (Phi) is 4.68. The molecule has 27 heavy (non-hydrogen) atoms. The van der Waals surface area contributed by atoms with Crippen LogP contribution in [0.3, 0.4) is 0 Å². The summed E-state index contributed by atoms with van der Waals surface area (Å²) in [5.74, 6) is 1.38. The highest BCUT2D eigenvalue weighted by Crippen LogP contribution is 2.23. The molecule has 7 heteroatoms. The number of benzene rings is 2. The van der Waals surface area contributed by atoms with Gasteiger partial charge in [0.1, 0.15) is 5.75 Å². The number of nitrogens with zero attached hydrogens (tertiary/aromatic N) is 4. The molecular formula is C20H18N4O2S. The van der Waals surface area contributed by atoms with Gasteiger partial charge in [-0.1, -0.05) is 53.7 Å². The van der Waals surface area contributed by atoms with Gasteiger partial charge >= 0.3 is 5.56 Å². The topological polar surface area (TPSA) is 61.4 Å². The first-order valence-corrected chi connectivity index (χ1v) is 9.44. The van der Waals surface area contributed by atoms with E-state index in [9.17, 15) is 4.79 Å². The fourth-order valence-electron chi connectivity index (χ4n) is 2.82. The van der Waals surface area contributed by atoms with Crippen LogP contribution in [0.2, 0.25) is 0 Å². The quantitative estimate of drug-likeness (QED) is 0.498. The van der Waals surface area contributed by atoms with Crippen LogP contribution in [-0.4, -0.2) is 26.3 Å². The second kappa shape index (κ2) is 7.28. The van der Waals surface area contributed by atoms with Gasteiger partial charge in [0, 0.05) is 18.1 Å². The average molecular weight is 378 g/mol. The Balaban J connectivity index is 1.67. The highest BCUT2D eigenvalue weighted by atomic mass is 32.2. The molecule has 0 aliphatic rings. The summed E-state index contributed by atoms with van der Waals surface area (Å²) in [4.78, 5) is 12.9. The third kappa shape index (κ3) is 3.33. The first kappa shape index (κ1) is 17.4. The second-order valence-electron chi connectivity index (χ2n) is 6.10. The van der Waals surface area contributed by atoms with Gasteiger partial charge in [-0.25, -0.2) is 0 Å². The molecule has 0 saturated heterocycles. The van der Waals surface area contributed by atoms with Crippen molar-refractivity contribution in [3.05, 3.63) is 82.4 Å². The van der Waals surface area contributed by atoms with Crippen LogP contribution in [0.25, 0.3) is 11.3 Å². The molecular weight excluding hydrogens is 360 g/mol. The van der Waals surface area contributed by atoms with E-state index < -0.39 is 0 Å². The standard InChI is InChI=1S/C20H18N4O2S/c1-14-7-9-15(10-8-14)13-27-20-22-21-18-19(25)23(11-12-24(18)20)16-5-3-4-6-17(16)26-2/h3-12H,13H2,1-2H3. The van der Waals surface area contributed by atoms with Crippen LogP contribution in [0.5, 0.6) is 5.75 Å². The summed E-state index contributed by atoms with van der Waals surface area (Å²) in [7, 11) is 1.58. The number of rotatable bonds is 5. The smallest absolute Gasteiger partial charge is 0.300 e. The first-order chi connectivity index (χ1) is 13.2. The SMILES string of the molecule is COc1ccccc1-n1ccn2c(SCc3ccc(C)cc3)nnc2c1=O. The van der Waals surface area contributed by atoms with Crippen molar-refractivity contribution in [1.29, 1.82) is 0 Å². The van der Waals surface area contributed by atoms with Crippen LogP contribution >= 0.6 is 11.8 Å². The van der Waals surface area contributed by atoms with E-state index in [2.05, 4.69) is 41.4 Å². The lowest BCUT2D eigenvalue weighted by atomic mass is 10.2. The van der Waals surface area contributed by atoms with Crippen molar-refractivity contribution >= 4 is 17.4 Å². The predicted molar refractivity (Wildman–Crippen MR) is 106 cm³/mol. The third-order valence-corrected chi connectivity index (χ3v) is 5.29. The summed E-state index contributed by atoms with van der Waals surface area (Å²) < 4.78 is 8.62. The second-order valence-corrected chi connectivity index (χ2v) is 7.04. The molecule has 136 valence electrons. The van der Waals surface area contributed by atoms with E-state index in [4.69, 9.17) is 4.74 Å². The molecule has 0 bridgehead atoms. The predicted octanol–water partition coefficient (Wildman–Crippen LogP) is 3.49. The molecule has 2 aromatic heterocycles. The lowest BCUT2D eigenvalue weighted by Crippen LogP contribution is -2.20. The number of methoxy groups -OCH3 is 1. The summed E-state index contributed by atoms with van der Waals surface area (Å²) in [6.45, 7) is 2.07. The summed E-state index contributed by atoms with van der Waals surface area (Å²) in [5, 5.41) is 8.99. The zero-order valence-electron chi connectivity index (χ0n) is 15.0. The zero-order chi connectivity index (χ0) is 18.8.